The fourth-order valence-electron chi connectivity index (χ4n) is 3.18. The molecular formula is C20H18ClF4N3O2. The molecular weight excluding hydrogens is 426 g/mol. The molecule has 10 heteroatoms. The van der Waals surface area contributed by atoms with E-state index in [9.17, 15) is 27.2 Å². The molecule has 0 aliphatic carbocycles. The third-order valence-electron chi connectivity index (χ3n) is 4.71. The van der Waals surface area contributed by atoms with Gasteiger partial charge in [-0.15, -0.1) is 0 Å². The minimum atomic E-state index is -4.66. The maximum absolute atomic E-state index is 13.8. The number of nitrogens with zero attached hydrogens (tertiary/aromatic N) is 2. The first-order valence-electron chi connectivity index (χ1n) is 9.08. The molecule has 0 aromatic heterocycles. The SMILES string of the molecule is O=C(CN1CCN(C(=O)c2ccccc2F)CC1)Nc1c(Cl)cccc1C(F)(F)F. The maximum atomic E-state index is 13.8. The van der Waals surface area contributed by atoms with Gasteiger partial charge < -0.3 is 10.2 Å². The molecule has 2 amide bonds. The Morgan fingerprint density at radius 2 is 1.67 bits per heavy atom. The van der Waals surface area contributed by atoms with Crippen molar-refractivity contribution in [3.8, 4) is 0 Å². The molecule has 1 fully saturated rings. The van der Waals surface area contributed by atoms with Crippen molar-refractivity contribution in [2.75, 3.05) is 38.0 Å². The van der Waals surface area contributed by atoms with Gasteiger partial charge in [-0.3, -0.25) is 14.5 Å². The van der Waals surface area contributed by atoms with E-state index in [0.29, 0.717) is 13.1 Å². The van der Waals surface area contributed by atoms with Gasteiger partial charge in [-0.1, -0.05) is 29.8 Å². The molecule has 160 valence electrons. The summed E-state index contributed by atoms with van der Waals surface area (Å²) in [6.45, 7) is 1.01. The molecule has 0 unspecified atom stereocenters. The normalized spacial score (nSPS) is 15.2. The van der Waals surface area contributed by atoms with Crippen LogP contribution in [0, 0.1) is 5.82 Å². The minimum absolute atomic E-state index is 0.0258. The van der Waals surface area contributed by atoms with Gasteiger partial charge in [0.2, 0.25) is 5.91 Å². The summed E-state index contributed by atoms with van der Waals surface area (Å²) in [5.41, 5.74) is -1.53. The van der Waals surface area contributed by atoms with E-state index in [1.165, 1.54) is 29.2 Å². The second-order valence-corrected chi connectivity index (χ2v) is 7.16. The van der Waals surface area contributed by atoms with Crippen LogP contribution in [0.5, 0.6) is 0 Å². The number of hydrogen-bond donors (Lipinski definition) is 1. The first kappa shape index (κ1) is 22.0. The average molecular weight is 444 g/mol. The van der Waals surface area contributed by atoms with E-state index in [4.69, 9.17) is 11.6 Å². The van der Waals surface area contributed by atoms with E-state index in [2.05, 4.69) is 5.32 Å². The molecule has 5 nitrogen and oxygen atoms in total. The zero-order valence-corrected chi connectivity index (χ0v) is 16.4. The average Bonchev–Trinajstić information content (AvgIpc) is 2.69. The summed E-state index contributed by atoms with van der Waals surface area (Å²) in [5.74, 6) is -1.70. The highest BCUT2D eigenvalue weighted by atomic mass is 35.5. The van der Waals surface area contributed by atoms with Gasteiger partial charge in [0.25, 0.3) is 5.91 Å². The number of carbonyl (C=O) groups is 2. The van der Waals surface area contributed by atoms with Gasteiger partial charge in [0, 0.05) is 26.2 Å². The van der Waals surface area contributed by atoms with Crippen molar-refractivity contribution in [2.45, 2.75) is 6.18 Å². The van der Waals surface area contributed by atoms with Crippen molar-refractivity contribution in [3.63, 3.8) is 0 Å². The first-order valence-corrected chi connectivity index (χ1v) is 9.46. The topological polar surface area (TPSA) is 52.7 Å². The maximum Gasteiger partial charge on any atom is 0.418 e. The summed E-state index contributed by atoms with van der Waals surface area (Å²) in [5, 5.41) is 2.03. The van der Waals surface area contributed by atoms with Gasteiger partial charge in [0.05, 0.1) is 28.4 Å². The van der Waals surface area contributed by atoms with Crippen LogP contribution in [-0.2, 0) is 11.0 Å². The van der Waals surface area contributed by atoms with Crippen LogP contribution in [0.2, 0.25) is 5.02 Å². The molecule has 1 heterocycles. The molecule has 1 aliphatic heterocycles. The van der Waals surface area contributed by atoms with Crippen molar-refractivity contribution in [1.29, 1.82) is 0 Å². The van der Waals surface area contributed by atoms with Crippen LogP contribution in [-0.4, -0.2) is 54.3 Å². The smallest absolute Gasteiger partial charge is 0.336 e. The predicted octanol–water partition coefficient (Wildman–Crippen LogP) is 3.89. The van der Waals surface area contributed by atoms with Crippen LogP contribution in [0.3, 0.4) is 0 Å². The number of anilines is 1. The minimum Gasteiger partial charge on any atom is -0.336 e. The Hall–Kier alpha value is -2.65. The van der Waals surface area contributed by atoms with Crippen molar-refractivity contribution >= 4 is 29.1 Å². The van der Waals surface area contributed by atoms with Crippen molar-refractivity contribution in [1.82, 2.24) is 9.80 Å². The Morgan fingerprint density at radius 1 is 1.00 bits per heavy atom. The molecule has 0 bridgehead atoms. The first-order chi connectivity index (χ1) is 14.2. The van der Waals surface area contributed by atoms with Gasteiger partial charge in [-0.05, 0) is 24.3 Å². The Kier molecular flexibility index (Phi) is 6.62. The molecule has 0 radical (unpaired) electrons. The number of rotatable bonds is 4. The molecule has 1 aliphatic rings. The summed E-state index contributed by atoms with van der Waals surface area (Å²) in [7, 11) is 0. The number of halogens is 5. The van der Waals surface area contributed by atoms with E-state index in [1.54, 1.807) is 11.0 Å². The fraction of sp³-hybridized carbons (Fsp3) is 0.300. The highest BCUT2D eigenvalue weighted by molar-refractivity contribution is 6.34. The summed E-state index contributed by atoms with van der Waals surface area (Å²) < 4.78 is 53.2. The molecule has 0 saturated carbocycles. The van der Waals surface area contributed by atoms with Crippen LogP contribution >= 0.6 is 11.6 Å². The second-order valence-electron chi connectivity index (χ2n) is 6.76. The van der Waals surface area contributed by atoms with E-state index < -0.39 is 35.1 Å². The van der Waals surface area contributed by atoms with Crippen LogP contribution in [0.4, 0.5) is 23.2 Å². The van der Waals surface area contributed by atoms with E-state index in [-0.39, 0.29) is 30.2 Å². The summed E-state index contributed by atoms with van der Waals surface area (Å²) in [6.07, 6.45) is -4.66. The van der Waals surface area contributed by atoms with E-state index >= 15 is 0 Å². The fourth-order valence-corrected chi connectivity index (χ4v) is 3.41. The van der Waals surface area contributed by atoms with Crippen molar-refractivity contribution < 1.29 is 27.2 Å². The Morgan fingerprint density at radius 3 is 2.30 bits per heavy atom. The number of benzene rings is 2. The summed E-state index contributed by atoms with van der Waals surface area (Å²) >= 11 is 5.84. The quantitative estimate of drug-likeness (QED) is 0.729. The van der Waals surface area contributed by atoms with Gasteiger partial charge in [-0.2, -0.15) is 13.2 Å². The molecule has 0 atom stereocenters. The van der Waals surface area contributed by atoms with Gasteiger partial charge >= 0.3 is 6.18 Å². The number of carbonyl (C=O) groups excluding carboxylic acids is 2. The Bertz CT molecular complexity index is 944. The molecule has 2 aromatic carbocycles. The molecule has 0 spiro atoms. The number of para-hydroxylation sites is 1. The van der Waals surface area contributed by atoms with Crippen molar-refractivity contribution in [3.05, 3.63) is 64.4 Å². The molecule has 30 heavy (non-hydrogen) atoms. The van der Waals surface area contributed by atoms with E-state index in [0.717, 1.165) is 12.1 Å². The monoisotopic (exact) mass is 443 g/mol. The predicted molar refractivity (Wildman–Crippen MR) is 104 cm³/mol. The van der Waals surface area contributed by atoms with Crippen LogP contribution in [0.25, 0.3) is 0 Å². The zero-order valence-electron chi connectivity index (χ0n) is 15.7. The highest BCUT2D eigenvalue weighted by Gasteiger charge is 2.35. The number of nitrogens with one attached hydrogen (secondary N) is 1. The molecule has 1 saturated heterocycles. The third-order valence-corrected chi connectivity index (χ3v) is 5.03. The van der Waals surface area contributed by atoms with E-state index in [1.807, 2.05) is 0 Å². The Labute approximate surface area is 175 Å². The number of piperazine rings is 1. The number of amides is 2. The van der Waals surface area contributed by atoms with Crippen LogP contribution in [0.1, 0.15) is 15.9 Å². The molecule has 3 rings (SSSR count). The Balaban J connectivity index is 1.58. The molecule has 1 N–H and O–H groups in total. The van der Waals surface area contributed by atoms with Gasteiger partial charge in [0.1, 0.15) is 5.82 Å². The number of alkyl halides is 3. The largest absolute Gasteiger partial charge is 0.418 e. The van der Waals surface area contributed by atoms with Gasteiger partial charge in [-0.25, -0.2) is 4.39 Å². The van der Waals surface area contributed by atoms with Crippen LogP contribution < -0.4 is 5.32 Å². The highest BCUT2D eigenvalue weighted by Crippen LogP contribution is 2.38. The standard InChI is InChI=1S/C20H18ClF4N3O2/c21-15-6-3-5-14(20(23,24)25)18(15)26-17(29)12-27-8-10-28(11-9-27)19(30)13-4-1-2-7-16(13)22/h1-7H,8-12H2,(H,26,29). The lowest BCUT2D eigenvalue weighted by atomic mass is 10.1. The number of hydrogen-bond acceptors (Lipinski definition) is 3. The lowest BCUT2D eigenvalue weighted by Gasteiger charge is -2.34. The van der Waals surface area contributed by atoms with Gasteiger partial charge in [0.15, 0.2) is 0 Å². The van der Waals surface area contributed by atoms with Crippen LogP contribution in [0.15, 0.2) is 42.5 Å². The third kappa shape index (κ3) is 5.09. The lowest BCUT2D eigenvalue weighted by molar-refractivity contribution is -0.137. The van der Waals surface area contributed by atoms with Crippen molar-refractivity contribution in [2.24, 2.45) is 0 Å². The second kappa shape index (κ2) is 9.01. The molecule has 2 aromatic rings. The zero-order chi connectivity index (χ0) is 21.9. The lowest BCUT2D eigenvalue weighted by Crippen LogP contribution is -2.50. The summed E-state index contributed by atoms with van der Waals surface area (Å²) in [6, 6.07) is 8.93. The summed E-state index contributed by atoms with van der Waals surface area (Å²) in [4.78, 5) is 27.9.